The fraction of sp³-hybridized carbons (Fsp3) is 1.00. The summed E-state index contributed by atoms with van der Waals surface area (Å²) in [5.41, 5.74) is 0. The molecule has 0 aromatic rings. The van der Waals surface area contributed by atoms with Crippen molar-refractivity contribution in [2.45, 2.75) is 45.3 Å². The molecule has 16 heavy (non-hydrogen) atoms. The Hall–Kier alpha value is -0.120. The summed E-state index contributed by atoms with van der Waals surface area (Å²) in [7, 11) is 4.22. The number of aliphatic hydroxyl groups excluding tert-OH is 1. The van der Waals surface area contributed by atoms with Crippen molar-refractivity contribution in [1.29, 1.82) is 0 Å². The summed E-state index contributed by atoms with van der Waals surface area (Å²) in [6.07, 6.45) is 3.24. The van der Waals surface area contributed by atoms with Crippen LogP contribution in [0.1, 0.15) is 33.1 Å². The van der Waals surface area contributed by atoms with Crippen LogP contribution in [0.15, 0.2) is 0 Å². The van der Waals surface area contributed by atoms with Crippen LogP contribution in [0.5, 0.6) is 0 Å². The first-order valence-corrected chi connectivity index (χ1v) is 6.57. The van der Waals surface area contributed by atoms with Crippen LogP contribution >= 0.6 is 0 Å². The molecule has 96 valence electrons. The molecule has 1 aliphatic rings. The van der Waals surface area contributed by atoms with Crippen LogP contribution in [0.4, 0.5) is 0 Å². The van der Waals surface area contributed by atoms with Gasteiger partial charge >= 0.3 is 0 Å². The third-order valence-electron chi connectivity index (χ3n) is 3.35. The minimum absolute atomic E-state index is 0.0964. The molecule has 0 aromatic heterocycles. The van der Waals surface area contributed by atoms with Gasteiger partial charge in [0, 0.05) is 25.7 Å². The minimum atomic E-state index is -0.0964. The van der Waals surface area contributed by atoms with Gasteiger partial charge in [-0.05, 0) is 39.3 Å². The number of aliphatic hydroxyl groups is 1. The average molecular weight is 228 g/mol. The highest BCUT2D eigenvalue weighted by Gasteiger charge is 2.30. The second-order valence-corrected chi connectivity index (χ2v) is 5.76. The fourth-order valence-corrected chi connectivity index (χ4v) is 2.54. The zero-order valence-electron chi connectivity index (χ0n) is 11.3. The second-order valence-electron chi connectivity index (χ2n) is 5.76. The maximum atomic E-state index is 9.98. The van der Waals surface area contributed by atoms with Crippen molar-refractivity contribution in [2.24, 2.45) is 5.92 Å². The Balaban J connectivity index is 2.48. The third-order valence-corrected chi connectivity index (χ3v) is 3.35. The molecule has 0 spiro atoms. The van der Waals surface area contributed by atoms with Crippen LogP contribution in [0.25, 0.3) is 0 Å². The van der Waals surface area contributed by atoms with Gasteiger partial charge in [0.15, 0.2) is 0 Å². The fourth-order valence-electron chi connectivity index (χ4n) is 2.54. The predicted molar refractivity (Wildman–Crippen MR) is 68.6 cm³/mol. The van der Waals surface area contributed by atoms with Crippen molar-refractivity contribution < 1.29 is 5.11 Å². The number of rotatable bonds is 6. The van der Waals surface area contributed by atoms with Gasteiger partial charge in [-0.25, -0.2) is 0 Å². The van der Waals surface area contributed by atoms with Crippen LogP contribution in [0.3, 0.4) is 0 Å². The monoisotopic (exact) mass is 228 g/mol. The summed E-state index contributed by atoms with van der Waals surface area (Å²) in [6.45, 7) is 7.77. The lowest BCUT2D eigenvalue weighted by molar-refractivity contribution is 0.0595. The standard InChI is InChI=1S/C13H28N2O/c1-11(2)10-15(9-8-14(3)4)12-6-5-7-13(12)16/h11-13,16H,5-10H2,1-4H3/t12-,13-/m0/s1. The van der Waals surface area contributed by atoms with Crippen molar-refractivity contribution in [3.05, 3.63) is 0 Å². The van der Waals surface area contributed by atoms with E-state index < -0.39 is 0 Å². The van der Waals surface area contributed by atoms with Crippen LogP contribution < -0.4 is 0 Å². The van der Waals surface area contributed by atoms with Gasteiger partial charge in [-0.15, -0.1) is 0 Å². The second kappa shape index (κ2) is 6.58. The Morgan fingerprint density at radius 2 is 1.88 bits per heavy atom. The zero-order chi connectivity index (χ0) is 12.1. The minimum Gasteiger partial charge on any atom is -0.391 e. The zero-order valence-corrected chi connectivity index (χ0v) is 11.3. The summed E-state index contributed by atoms with van der Waals surface area (Å²) in [5, 5.41) is 9.98. The van der Waals surface area contributed by atoms with Gasteiger partial charge < -0.3 is 10.0 Å². The van der Waals surface area contributed by atoms with E-state index >= 15 is 0 Å². The van der Waals surface area contributed by atoms with Crippen molar-refractivity contribution in [2.75, 3.05) is 33.7 Å². The SMILES string of the molecule is CC(C)CN(CCN(C)C)[C@H]1CCC[C@@H]1O. The van der Waals surface area contributed by atoms with Gasteiger partial charge in [-0.3, -0.25) is 4.90 Å². The molecule has 3 nitrogen and oxygen atoms in total. The molecule has 1 fully saturated rings. The van der Waals surface area contributed by atoms with E-state index in [0.29, 0.717) is 12.0 Å². The Bertz CT molecular complexity index is 194. The number of nitrogens with zero attached hydrogens (tertiary/aromatic N) is 2. The Kier molecular flexibility index (Phi) is 5.73. The molecule has 0 aromatic carbocycles. The number of hydrogen-bond acceptors (Lipinski definition) is 3. The summed E-state index contributed by atoms with van der Waals surface area (Å²) in [5.74, 6) is 0.676. The average Bonchev–Trinajstić information content (AvgIpc) is 2.58. The molecule has 1 N–H and O–H groups in total. The van der Waals surface area contributed by atoms with Crippen LogP contribution in [0, 0.1) is 5.92 Å². The first-order valence-electron chi connectivity index (χ1n) is 6.57. The van der Waals surface area contributed by atoms with Crippen molar-refractivity contribution in [1.82, 2.24) is 9.80 Å². The first-order chi connectivity index (χ1) is 7.50. The Morgan fingerprint density at radius 1 is 1.19 bits per heavy atom. The Morgan fingerprint density at radius 3 is 2.31 bits per heavy atom. The topological polar surface area (TPSA) is 26.7 Å². The van der Waals surface area contributed by atoms with E-state index in [2.05, 4.69) is 37.7 Å². The molecule has 0 radical (unpaired) electrons. The lowest BCUT2D eigenvalue weighted by Gasteiger charge is -2.33. The molecule has 3 heteroatoms. The molecule has 0 amide bonds. The van der Waals surface area contributed by atoms with Crippen LogP contribution in [-0.4, -0.2) is 60.8 Å². The molecule has 0 aliphatic heterocycles. The van der Waals surface area contributed by atoms with Crippen molar-refractivity contribution in [3.8, 4) is 0 Å². The van der Waals surface area contributed by atoms with Crippen molar-refractivity contribution in [3.63, 3.8) is 0 Å². The summed E-state index contributed by atoms with van der Waals surface area (Å²) in [4.78, 5) is 4.71. The van der Waals surface area contributed by atoms with Crippen LogP contribution in [0.2, 0.25) is 0 Å². The molecular formula is C13H28N2O. The van der Waals surface area contributed by atoms with Crippen LogP contribution in [-0.2, 0) is 0 Å². The molecule has 1 saturated carbocycles. The molecule has 0 unspecified atom stereocenters. The van der Waals surface area contributed by atoms with Gasteiger partial charge in [0.1, 0.15) is 0 Å². The maximum Gasteiger partial charge on any atom is 0.0695 e. The summed E-state index contributed by atoms with van der Waals surface area (Å²) >= 11 is 0. The third kappa shape index (κ3) is 4.40. The molecule has 0 bridgehead atoms. The molecule has 1 rings (SSSR count). The molecule has 2 atom stereocenters. The highest BCUT2D eigenvalue weighted by atomic mass is 16.3. The number of hydrogen-bond donors (Lipinski definition) is 1. The largest absolute Gasteiger partial charge is 0.391 e. The highest BCUT2D eigenvalue weighted by molar-refractivity contribution is 4.85. The van der Waals surface area contributed by atoms with E-state index in [9.17, 15) is 5.11 Å². The molecule has 0 heterocycles. The highest BCUT2D eigenvalue weighted by Crippen LogP contribution is 2.24. The Labute approximate surface area is 100 Å². The predicted octanol–water partition coefficient (Wildman–Crippen LogP) is 1.42. The molecule has 0 saturated heterocycles. The molecule has 1 aliphatic carbocycles. The molecular weight excluding hydrogens is 200 g/mol. The van der Waals surface area contributed by atoms with Crippen molar-refractivity contribution >= 4 is 0 Å². The van der Waals surface area contributed by atoms with Gasteiger partial charge in [-0.1, -0.05) is 13.8 Å². The van der Waals surface area contributed by atoms with E-state index in [1.54, 1.807) is 0 Å². The lowest BCUT2D eigenvalue weighted by Crippen LogP contribution is -2.45. The normalized spacial score (nSPS) is 26.2. The smallest absolute Gasteiger partial charge is 0.0695 e. The van der Waals surface area contributed by atoms with E-state index in [-0.39, 0.29) is 6.10 Å². The van der Waals surface area contributed by atoms with E-state index in [1.807, 2.05) is 0 Å². The summed E-state index contributed by atoms with van der Waals surface area (Å²) < 4.78 is 0. The van der Waals surface area contributed by atoms with Gasteiger partial charge in [0.2, 0.25) is 0 Å². The van der Waals surface area contributed by atoms with E-state index in [0.717, 1.165) is 26.1 Å². The van der Waals surface area contributed by atoms with Gasteiger partial charge in [0.25, 0.3) is 0 Å². The first kappa shape index (κ1) is 13.9. The van der Waals surface area contributed by atoms with E-state index in [4.69, 9.17) is 0 Å². The maximum absolute atomic E-state index is 9.98. The van der Waals surface area contributed by atoms with E-state index in [1.165, 1.54) is 12.8 Å². The lowest BCUT2D eigenvalue weighted by atomic mass is 10.1. The van der Waals surface area contributed by atoms with Gasteiger partial charge in [0.05, 0.1) is 6.10 Å². The summed E-state index contributed by atoms with van der Waals surface area (Å²) in [6, 6.07) is 0.405. The van der Waals surface area contributed by atoms with Gasteiger partial charge in [-0.2, -0.15) is 0 Å². The quantitative estimate of drug-likeness (QED) is 0.745. The number of likely N-dealkylation sites (N-methyl/N-ethyl adjacent to an activating group) is 1.